The molecule has 0 aliphatic carbocycles. The van der Waals surface area contributed by atoms with Gasteiger partial charge in [0.15, 0.2) is 0 Å². The molecular weight excluding hydrogens is 262 g/mol. The van der Waals surface area contributed by atoms with Gasteiger partial charge in [-0.1, -0.05) is 18.2 Å². The molecule has 0 aromatic heterocycles. The molecule has 0 bridgehead atoms. The molecule has 0 saturated heterocycles. The zero-order chi connectivity index (χ0) is 14.5. The number of nitro benzene ring substituents is 1. The van der Waals surface area contributed by atoms with Crippen molar-refractivity contribution >= 4 is 12.0 Å². The van der Waals surface area contributed by atoms with Gasteiger partial charge in [0.25, 0.3) is 0 Å². The average molecular weight is 273 g/mol. The first-order valence-electron chi connectivity index (χ1n) is 5.76. The Labute approximate surface area is 114 Å². The van der Waals surface area contributed by atoms with Gasteiger partial charge in [-0.25, -0.2) is 0 Å². The summed E-state index contributed by atoms with van der Waals surface area (Å²) in [5.74, 6) is 0.346. The maximum Gasteiger partial charge on any atom is 0.312 e. The number of rotatable bonds is 5. The highest BCUT2D eigenvalue weighted by Gasteiger charge is 2.17. The van der Waals surface area contributed by atoms with Crippen molar-refractivity contribution in [2.75, 3.05) is 0 Å². The molecule has 2 aromatic carbocycles. The standard InChI is InChI=1S/C14H11NO5/c16-8-10-5-6-14(12(7-10)15(18)19)20-13-4-2-1-3-11(13)9-17/h1-8,17H,9H2. The van der Waals surface area contributed by atoms with Crippen LogP contribution in [0.4, 0.5) is 5.69 Å². The molecule has 1 N–H and O–H groups in total. The van der Waals surface area contributed by atoms with E-state index in [1.54, 1.807) is 24.3 Å². The summed E-state index contributed by atoms with van der Waals surface area (Å²) in [4.78, 5) is 21.0. The lowest BCUT2D eigenvalue weighted by molar-refractivity contribution is -0.385. The molecule has 6 nitrogen and oxygen atoms in total. The van der Waals surface area contributed by atoms with E-state index < -0.39 is 4.92 Å². The predicted molar refractivity (Wildman–Crippen MR) is 70.9 cm³/mol. The maximum atomic E-state index is 11.0. The Morgan fingerprint density at radius 2 is 1.95 bits per heavy atom. The van der Waals surface area contributed by atoms with Crippen LogP contribution in [-0.2, 0) is 6.61 Å². The number of hydrogen-bond donors (Lipinski definition) is 1. The lowest BCUT2D eigenvalue weighted by atomic mass is 10.2. The van der Waals surface area contributed by atoms with Crippen LogP contribution in [0.25, 0.3) is 0 Å². The van der Waals surface area contributed by atoms with Crippen molar-refractivity contribution in [1.82, 2.24) is 0 Å². The summed E-state index contributed by atoms with van der Waals surface area (Å²) in [5, 5.41) is 20.2. The van der Waals surface area contributed by atoms with Gasteiger partial charge in [-0.3, -0.25) is 14.9 Å². The number of para-hydroxylation sites is 1. The highest BCUT2D eigenvalue weighted by atomic mass is 16.6. The fraction of sp³-hybridized carbons (Fsp3) is 0.0714. The highest BCUT2D eigenvalue weighted by Crippen LogP contribution is 2.33. The van der Waals surface area contributed by atoms with Crippen LogP contribution in [0, 0.1) is 10.1 Å². The molecule has 0 saturated carbocycles. The summed E-state index contributed by atoms with van der Waals surface area (Å²) in [5.41, 5.74) is 0.406. The van der Waals surface area contributed by atoms with Crippen LogP contribution in [0.1, 0.15) is 15.9 Å². The van der Waals surface area contributed by atoms with Gasteiger partial charge in [0, 0.05) is 17.2 Å². The van der Waals surface area contributed by atoms with Gasteiger partial charge in [-0.2, -0.15) is 0 Å². The number of aliphatic hydroxyl groups is 1. The third kappa shape index (κ3) is 2.81. The van der Waals surface area contributed by atoms with Crippen LogP contribution < -0.4 is 4.74 Å². The molecule has 102 valence electrons. The quantitative estimate of drug-likeness (QED) is 0.514. The van der Waals surface area contributed by atoms with E-state index in [9.17, 15) is 20.0 Å². The van der Waals surface area contributed by atoms with Crippen LogP contribution in [0.3, 0.4) is 0 Å². The van der Waals surface area contributed by atoms with E-state index in [2.05, 4.69) is 0 Å². The van der Waals surface area contributed by atoms with Crippen LogP contribution in [-0.4, -0.2) is 16.3 Å². The summed E-state index contributed by atoms with van der Waals surface area (Å²) in [6.07, 6.45) is 0.526. The van der Waals surface area contributed by atoms with E-state index in [4.69, 9.17) is 4.74 Å². The third-order valence-electron chi connectivity index (χ3n) is 2.68. The molecule has 2 aromatic rings. The molecule has 0 aliphatic heterocycles. The minimum atomic E-state index is -0.621. The minimum Gasteiger partial charge on any atom is -0.450 e. The Balaban J connectivity index is 2.42. The van der Waals surface area contributed by atoms with E-state index in [0.29, 0.717) is 17.6 Å². The van der Waals surface area contributed by atoms with Gasteiger partial charge in [0.2, 0.25) is 5.75 Å². The van der Waals surface area contributed by atoms with E-state index >= 15 is 0 Å². The largest absolute Gasteiger partial charge is 0.450 e. The number of aliphatic hydroxyl groups excluding tert-OH is 1. The van der Waals surface area contributed by atoms with Crippen molar-refractivity contribution in [1.29, 1.82) is 0 Å². The summed E-state index contributed by atoms with van der Waals surface area (Å²) >= 11 is 0. The van der Waals surface area contributed by atoms with Crippen molar-refractivity contribution in [3.63, 3.8) is 0 Å². The van der Waals surface area contributed by atoms with Gasteiger partial charge >= 0.3 is 5.69 Å². The molecular formula is C14H11NO5. The van der Waals surface area contributed by atoms with Gasteiger partial charge in [-0.15, -0.1) is 0 Å². The molecule has 20 heavy (non-hydrogen) atoms. The maximum absolute atomic E-state index is 11.0. The number of hydrogen-bond acceptors (Lipinski definition) is 5. The first kappa shape index (κ1) is 13.7. The van der Waals surface area contributed by atoms with E-state index in [1.165, 1.54) is 12.1 Å². The van der Waals surface area contributed by atoms with Gasteiger partial charge < -0.3 is 9.84 Å². The minimum absolute atomic E-state index is 0.0153. The first-order chi connectivity index (χ1) is 9.65. The Morgan fingerprint density at radius 3 is 2.60 bits per heavy atom. The molecule has 0 fully saturated rings. The molecule has 0 radical (unpaired) electrons. The van der Waals surface area contributed by atoms with E-state index in [-0.39, 0.29) is 23.6 Å². The number of carbonyl (C=O) groups is 1. The second-order valence-corrected chi connectivity index (χ2v) is 3.97. The number of aldehydes is 1. The number of nitrogens with zero attached hydrogens (tertiary/aromatic N) is 1. The number of benzene rings is 2. The van der Waals surface area contributed by atoms with Crippen LogP contribution in [0.15, 0.2) is 42.5 Å². The molecule has 0 spiro atoms. The monoisotopic (exact) mass is 273 g/mol. The topological polar surface area (TPSA) is 89.7 Å². The van der Waals surface area contributed by atoms with Crippen molar-refractivity contribution in [2.45, 2.75) is 6.61 Å². The predicted octanol–water partition coefficient (Wildman–Crippen LogP) is 2.69. The SMILES string of the molecule is O=Cc1ccc(Oc2ccccc2CO)c([N+](=O)[O-])c1. The molecule has 6 heteroatoms. The number of carbonyl (C=O) groups excluding carboxylic acids is 1. The van der Waals surface area contributed by atoms with Crippen molar-refractivity contribution in [3.8, 4) is 11.5 Å². The van der Waals surface area contributed by atoms with Crippen molar-refractivity contribution in [3.05, 3.63) is 63.7 Å². The molecule has 0 amide bonds. The fourth-order valence-electron chi connectivity index (χ4n) is 1.69. The molecule has 0 unspecified atom stereocenters. The second kappa shape index (κ2) is 5.94. The zero-order valence-corrected chi connectivity index (χ0v) is 10.4. The van der Waals surface area contributed by atoms with Gasteiger partial charge in [0.1, 0.15) is 12.0 Å². The summed E-state index contributed by atoms with van der Waals surface area (Å²) in [6, 6.07) is 10.6. The summed E-state index contributed by atoms with van der Waals surface area (Å²) < 4.78 is 5.47. The Hall–Kier alpha value is -2.73. The molecule has 2 rings (SSSR count). The lowest BCUT2D eigenvalue weighted by Gasteiger charge is -2.09. The van der Waals surface area contributed by atoms with Crippen LogP contribution in [0.5, 0.6) is 11.5 Å². The number of nitro groups is 1. The van der Waals surface area contributed by atoms with Crippen LogP contribution >= 0.6 is 0 Å². The van der Waals surface area contributed by atoms with Gasteiger partial charge in [-0.05, 0) is 18.2 Å². The molecule has 0 atom stereocenters. The Morgan fingerprint density at radius 1 is 1.20 bits per heavy atom. The number of ether oxygens (including phenoxy) is 1. The fourth-order valence-corrected chi connectivity index (χ4v) is 1.69. The zero-order valence-electron chi connectivity index (χ0n) is 10.4. The van der Waals surface area contributed by atoms with Crippen molar-refractivity contribution in [2.24, 2.45) is 0 Å². The molecule has 0 heterocycles. The second-order valence-electron chi connectivity index (χ2n) is 3.97. The van der Waals surface area contributed by atoms with Crippen LogP contribution in [0.2, 0.25) is 0 Å². The average Bonchev–Trinajstić information content (AvgIpc) is 2.48. The summed E-state index contributed by atoms with van der Waals surface area (Å²) in [7, 11) is 0. The normalized spacial score (nSPS) is 10.1. The Bertz CT molecular complexity index is 654. The highest BCUT2D eigenvalue weighted by molar-refractivity contribution is 5.77. The first-order valence-corrected chi connectivity index (χ1v) is 5.76. The summed E-state index contributed by atoms with van der Waals surface area (Å²) in [6.45, 7) is -0.240. The Kier molecular flexibility index (Phi) is 4.07. The van der Waals surface area contributed by atoms with E-state index in [0.717, 1.165) is 6.07 Å². The third-order valence-corrected chi connectivity index (χ3v) is 2.68. The van der Waals surface area contributed by atoms with Crippen molar-refractivity contribution < 1.29 is 19.6 Å². The lowest BCUT2D eigenvalue weighted by Crippen LogP contribution is -1.97. The smallest absolute Gasteiger partial charge is 0.312 e. The van der Waals surface area contributed by atoms with E-state index in [1.807, 2.05) is 0 Å². The molecule has 0 aliphatic rings. The van der Waals surface area contributed by atoms with Gasteiger partial charge in [0.05, 0.1) is 11.5 Å².